The van der Waals surface area contributed by atoms with Gasteiger partial charge in [0.15, 0.2) is 0 Å². The van der Waals surface area contributed by atoms with Crippen LogP contribution in [0.5, 0.6) is 0 Å². The van der Waals surface area contributed by atoms with Crippen molar-refractivity contribution in [3.63, 3.8) is 0 Å². The van der Waals surface area contributed by atoms with Gasteiger partial charge in [0.25, 0.3) is 0 Å². The van der Waals surface area contributed by atoms with Gasteiger partial charge in [0.05, 0.1) is 13.2 Å². The number of amides is 2. The van der Waals surface area contributed by atoms with Crippen LogP contribution < -0.4 is 10.6 Å². The number of carboxylic acids is 1. The van der Waals surface area contributed by atoms with Gasteiger partial charge in [0, 0.05) is 6.54 Å². The van der Waals surface area contributed by atoms with Gasteiger partial charge < -0.3 is 20.5 Å². The molecular weight excluding hydrogens is 236 g/mol. The van der Waals surface area contributed by atoms with Crippen molar-refractivity contribution in [3.8, 4) is 0 Å². The smallest absolute Gasteiger partial charge is 0.329 e. The van der Waals surface area contributed by atoms with E-state index in [0.29, 0.717) is 26.2 Å². The van der Waals surface area contributed by atoms with Crippen LogP contribution in [0.3, 0.4) is 0 Å². The van der Waals surface area contributed by atoms with E-state index in [1.165, 1.54) is 6.92 Å². The van der Waals surface area contributed by atoms with E-state index in [1.807, 2.05) is 6.92 Å². The molecule has 0 heterocycles. The van der Waals surface area contributed by atoms with Gasteiger partial charge in [-0.15, -0.1) is 0 Å². The molecule has 0 saturated heterocycles. The molecule has 0 aromatic heterocycles. The zero-order chi connectivity index (χ0) is 14.2. The minimum atomic E-state index is -1.25. The molecule has 0 aromatic rings. The van der Waals surface area contributed by atoms with Crippen LogP contribution in [-0.2, 0) is 9.53 Å². The summed E-state index contributed by atoms with van der Waals surface area (Å²) < 4.78 is 5.19. The molecule has 104 valence electrons. The van der Waals surface area contributed by atoms with Crippen LogP contribution in [0.2, 0.25) is 0 Å². The zero-order valence-corrected chi connectivity index (χ0v) is 11.2. The van der Waals surface area contributed by atoms with Crippen molar-refractivity contribution in [2.75, 3.05) is 19.8 Å². The van der Waals surface area contributed by atoms with Crippen LogP contribution >= 0.6 is 0 Å². The molecule has 0 aromatic carbocycles. The van der Waals surface area contributed by atoms with E-state index in [-0.39, 0.29) is 0 Å². The second kappa shape index (κ2) is 7.71. The highest BCUT2D eigenvalue weighted by Crippen LogP contribution is 2.08. The largest absolute Gasteiger partial charge is 0.480 e. The van der Waals surface area contributed by atoms with Crippen LogP contribution in [0.25, 0.3) is 0 Å². The fraction of sp³-hybridized carbons (Fsp3) is 0.667. The van der Waals surface area contributed by atoms with E-state index in [0.717, 1.165) is 5.57 Å². The summed E-state index contributed by atoms with van der Waals surface area (Å²) in [4.78, 5) is 22.4. The molecule has 3 N–H and O–H groups in total. The minimum absolute atomic E-state index is 0.307. The molecule has 1 atom stereocenters. The van der Waals surface area contributed by atoms with Crippen LogP contribution in [-0.4, -0.2) is 42.4 Å². The summed E-state index contributed by atoms with van der Waals surface area (Å²) in [6.45, 7) is 9.81. The topological polar surface area (TPSA) is 87.7 Å². The summed E-state index contributed by atoms with van der Waals surface area (Å²) in [6, 6.07) is -0.513. The lowest BCUT2D eigenvalue weighted by molar-refractivity contribution is -0.143. The predicted molar refractivity (Wildman–Crippen MR) is 68.5 cm³/mol. The first kappa shape index (κ1) is 16.4. The van der Waals surface area contributed by atoms with Crippen molar-refractivity contribution in [1.82, 2.24) is 10.6 Å². The Morgan fingerprint density at radius 2 is 2.06 bits per heavy atom. The molecule has 0 fully saturated rings. The molecule has 0 aliphatic carbocycles. The summed E-state index contributed by atoms with van der Waals surface area (Å²) in [5.74, 6) is -1.06. The zero-order valence-electron chi connectivity index (χ0n) is 11.2. The van der Waals surface area contributed by atoms with Gasteiger partial charge in [0.1, 0.15) is 5.54 Å². The van der Waals surface area contributed by atoms with Crippen LogP contribution in [0.15, 0.2) is 12.2 Å². The maximum Gasteiger partial charge on any atom is 0.329 e. The fourth-order valence-corrected chi connectivity index (χ4v) is 1.07. The third kappa shape index (κ3) is 6.24. The number of rotatable bonds is 8. The standard InChI is InChI=1S/C12H22N2O4/c1-5-12(4,10(15)16)14-11(17)13-6-7-18-8-9(2)3/h2,5-8H2,1,3-4H3,(H,15,16)(H2,13,14,17). The molecule has 6 heteroatoms. The van der Waals surface area contributed by atoms with Gasteiger partial charge in [-0.25, -0.2) is 9.59 Å². The number of aliphatic carboxylic acids is 1. The Kier molecular flexibility index (Phi) is 7.04. The van der Waals surface area contributed by atoms with Crippen molar-refractivity contribution >= 4 is 12.0 Å². The SMILES string of the molecule is C=C(C)COCCNC(=O)NC(C)(CC)C(=O)O. The number of carbonyl (C=O) groups excluding carboxylic acids is 1. The third-order valence-electron chi connectivity index (χ3n) is 2.45. The number of hydrogen-bond acceptors (Lipinski definition) is 3. The summed E-state index contributed by atoms with van der Waals surface area (Å²) in [6.07, 6.45) is 0.307. The number of nitrogens with one attached hydrogen (secondary N) is 2. The Morgan fingerprint density at radius 3 is 2.50 bits per heavy atom. The summed E-state index contributed by atoms with van der Waals surface area (Å²) in [5, 5.41) is 13.9. The molecule has 2 amide bonds. The normalized spacial score (nSPS) is 13.5. The molecule has 0 aliphatic rings. The van der Waals surface area contributed by atoms with Crippen molar-refractivity contribution in [3.05, 3.63) is 12.2 Å². The first-order valence-electron chi connectivity index (χ1n) is 5.83. The second-order valence-corrected chi connectivity index (χ2v) is 4.38. The monoisotopic (exact) mass is 258 g/mol. The molecule has 18 heavy (non-hydrogen) atoms. The summed E-state index contributed by atoms with van der Waals surface area (Å²) in [7, 11) is 0. The van der Waals surface area contributed by atoms with Gasteiger partial charge in [-0.3, -0.25) is 0 Å². The van der Waals surface area contributed by atoms with Gasteiger partial charge >= 0.3 is 12.0 Å². The Hall–Kier alpha value is -1.56. The predicted octanol–water partition coefficient (Wildman–Crippen LogP) is 1.13. The average molecular weight is 258 g/mol. The number of carbonyl (C=O) groups is 2. The highest BCUT2D eigenvalue weighted by molar-refractivity contribution is 5.85. The van der Waals surface area contributed by atoms with Crippen LogP contribution in [0.1, 0.15) is 27.2 Å². The maximum atomic E-state index is 11.5. The Balaban J connectivity index is 3.90. The summed E-state index contributed by atoms with van der Waals surface area (Å²) >= 11 is 0. The lowest BCUT2D eigenvalue weighted by Gasteiger charge is -2.24. The van der Waals surface area contributed by atoms with Gasteiger partial charge in [-0.2, -0.15) is 0 Å². The molecule has 0 aliphatic heterocycles. The van der Waals surface area contributed by atoms with Crippen molar-refractivity contribution in [2.45, 2.75) is 32.7 Å². The van der Waals surface area contributed by atoms with E-state index in [2.05, 4.69) is 17.2 Å². The lowest BCUT2D eigenvalue weighted by atomic mass is 10.00. The van der Waals surface area contributed by atoms with Crippen molar-refractivity contribution < 1.29 is 19.4 Å². The first-order chi connectivity index (χ1) is 8.31. The molecule has 0 bridgehead atoms. The number of carboxylic acid groups (broad SMARTS) is 1. The van der Waals surface area contributed by atoms with Crippen LogP contribution in [0, 0.1) is 0 Å². The van der Waals surface area contributed by atoms with Crippen molar-refractivity contribution in [2.24, 2.45) is 0 Å². The first-order valence-corrected chi connectivity index (χ1v) is 5.83. The number of ether oxygens (including phenoxy) is 1. The summed E-state index contributed by atoms with van der Waals surface area (Å²) in [5.41, 5.74) is -0.341. The average Bonchev–Trinajstić information content (AvgIpc) is 2.27. The number of hydrogen-bond donors (Lipinski definition) is 3. The third-order valence-corrected chi connectivity index (χ3v) is 2.45. The Bertz CT molecular complexity index is 317. The number of urea groups is 1. The minimum Gasteiger partial charge on any atom is -0.480 e. The Morgan fingerprint density at radius 1 is 1.44 bits per heavy atom. The highest BCUT2D eigenvalue weighted by Gasteiger charge is 2.32. The quantitative estimate of drug-likeness (QED) is 0.450. The molecular formula is C12H22N2O4. The molecule has 1 unspecified atom stereocenters. The van der Waals surface area contributed by atoms with E-state index in [4.69, 9.17) is 9.84 Å². The van der Waals surface area contributed by atoms with E-state index in [1.54, 1.807) is 6.92 Å². The molecule has 6 nitrogen and oxygen atoms in total. The molecule has 0 rings (SSSR count). The maximum absolute atomic E-state index is 11.5. The van der Waals surface area contributed by atoms with Gasteiger partial charge in [-0.05, 0) is 20.3 Å². The second-order valence-electron chi connectivity index (χ2n) is 4.38. The lowest BCUT2D eigenvalue weighted by Crippen LogP contribution is -2.55. The van der Waals surface area contributed by atoms with Gasteiger partial charge in [0.2, 0.25) is 0 Å². The van der Waals surface area contributed by atoms with E-state index >= 15 is 0 Å². The fourth-order valence-electron chi connectivity index (χ4n) is 1.07. The van der Waals surface area contributed by atoms with E-state index < -0.39 is 17.5 Å². The molecule has 0 saturated carbocycles. The highest BCUT2D eigenvalue weighted by atomic mass is 16.5. The van der Waals surface area contributed by atoms with Crippen LogP contribution in [0.4, 0.5) is 4.79 Å². The molecule has 0 radical (unpaired) electrons. The Labute approximate surface area is 107 Å². The van der Waals surface area contributed by atoms with E-state index in [9.17, 15) is 9.59 Å². The molecule has 0 spiro atoms. The van der Waals surface area contributed by atoms with Crippen molar-refractivity contribution in [1.29, 1.82) is 0 Å². The van der Waals surface area contributed by atoms with Gasteiger partial charge in [-0.1, -0.05) is 19.1 Å².